The highest BCUT2D eigenvalue weighted by Gasteiger charge is 2.33. The number of carbonyl (C=O) groups excluding carboxylic acids is 2. The van der Waals surface area contributed by atoms with E-state index >= 15 is 0 Å². The second-order valence-corrected chi connectivity index (χ2v) is 6.13. The number of methoxy groups -OCH3 is 1. The highest BCUT2D eigenvalue weighted by Crippen LogP contribution is 2.25. The van der Waals surface area contributed by atoms with Crippen molar-refractivity contribution in [3.63, 3.8) is 0 Å². The maximum atomic E-state index is 12.7. The van der Waals surface area contributed by atoms with Crippen molar-refractivity contribution < 1.29 is 14.3 Å². The van der Waals surface area contributed by atoms with Crippen LogP contribution >= 0.6 is 0 Å². The van der Waals surface area contributed by atoms with E-state index < -0.39 is 0 Å². The first-order valence-electron chi connectivity index (χ1n) is 8.21. The molecule has 0 aliphatic carbocycles. The third-order valence-electron chi connectivity index (χ3n) is 4.28. The number of nitrogens with zero attached hydrogens (tertiary/aromatic N) is 3. The van der Waals surface area contributed by atoms with Crippen LogP contribution in [0.1, 0.15) is 12.5 Å². The summed E-state index contributed by atoms with van der Waals surface area (Å²) >= 11 is 0. The molecule has 1 atom stereocenters. The fourth-order valence-electron chi connectivity index (χ4n) is 3.09. The number of amides is 2. The van der Waals surface area contributed by atoms with Crippen LogP contribution in [0.5, 0.6) is 5.75 Å². The van der Waals surface area contributed by atoms with Crippen LogP contribution in [0, 0.1) is 0 Å². The van der Waals surface area contributed by atoms with Gasteiger partial charge in [0.2, 0.25) is 11.8 Å². The van der Waals surface area contributed by atoms with Crippen LogP contribution in [-0.2, 0) is 16.0 Å². The molecule has 0 saturated carbocycles. The molecule has 1 aliphatic rings. The predicted octanol–water partition coefficient (Wildman–Crippen LogP) is 1.90. The van der Waals surface area contributed by atoms with Crippen LogP contribution < -0.4 is 9.64 Å². The molecule has 0 N–H and O–H groups in total. The van der Waals surface area contributed by atoms with E-state index in [0.717, 1.165) is 11.3 Å². The minimum absolute atomic E-state index is 0.0570. The van der Waals surface area contributed by atoms with E-state index in [4.69, 9.17) is 4.74 Å². The van der Waals surface area contributed by atoms with E-state index in [1.807, 2.05) is 37.3 Å². The first-order chi connectivity index (χ1) is 12.1. The average Bonchev–Trinajstić information content (AvgIpc) is 2.62. The number of aromatic nitrogens is 1. The number of benzene rings is 1. The summed E-state index contributed by atoms with van der Waals surface area (Å²) in [6.07, 6.45) is 3.61. The number of anilines is 1. The van der Waals surface area contributed by atoms with Gasteiger partial charge >= 0.3 is 0 Å². The Labute approximate surface area is 147 Å². The van der Waals surface area contributed by atoms with Gasteiger partial charge in [0.25, 0.3) is 0 Å². The molecule has 1 aromatic carbocycles. The lowest BCUT2D eigenvalue weighted by Gasteiger charge is -2.39. The highest BCUT2D eigenvalue weighted by atomic mass is 16.5. The van der Waals surface area contributed by atoms with Gasteiger partial charge in [0, 0.05) is 30.7 Å². The van der Waals surface area contributed by atoms with Crippen LogP contribution in [0.25, 0.3) is 0 Å². The summed E-state index contributed by atoms with van der Waals surface area (Å²) in [5.41, 5.74) is 1.64. The molecule has 2 aromatic rings. The molecular formula is C19H21N3O3. The van der Waals surface area contributed by atoms with Crippen LogP contribution in [0.4, 0.5) is 5.69 Å². The number of pyridine rings is 1. The third-order valence-corrected chi connectivity index (χ3v) is 4.28. The Morgan fingerprint density at radius 3 is 2.84 bits per heavy atom. The fourth-order valence-corrected chi connectivity index (χ4v) is 3.09. The Morgan fingerprint density at radius 2 is 2.16 bits per heavy atom. The predicted molar refractivity (Wildman–Crippen MR) is 94.5 cm³/mol. The van der Waals surface area contributed by atoms with Crippen molar-refractivity contribution >= 4 is 17.5 Å². The Bertz CT molecular complexity index is 764. The summed E-state index contributed by atoms with van der Waals surface area (Å²) < 4.78 is 5.23. The number of hydrogen-bond donors (Lipinski definition) is 0. The van der Waals surface area contributed by atoms with Gasteiger partial charge in [0.05, 0.1) is 19.6 Å². The van der Waals surface area contributed by atoms with Crippen molar-refractivity contribution in [3.05, 3.63) is 54.4 Å². The lowest BCUT2D eigenvalue weighted by molar-refractivity contribution is -0.137. The summed E-state index contributed by atoms with van der Waals surface area (Å²) in [4.78, 5) is 32.5. The molecule has 0 unspecified atom stereocenters. The van der Waals surface area contributed by atoms with E-state index in [0.29, 0.717) is 12.3 Å². The second kappa shape index (κ2) is 7.34. The Balaban J connectivity index is 1.71. The molecule has 3 rings (SSSR count). The number of carbonyl (C=O) groups is 2. The molecule has 130 valence electrons. The number of piperazine rings is 1. The quantitative estimate of drug-likeness (QED) is 0.853. The first-order valence-corrected chi connectivity index (χ1v) is 8.21. The third kappa shape index (κ3) is 3.79. The smallest absolute Gasteiger partial charge is 0.246 e. The highest BCUT2D eigenvalue weighted by molar-refractivity contribution is 5.98. The van der Waals surface area contributed by atoms with Crippen LogP contribution in [0.2, 0.25) is 0 Å². The molecule has 0 spiro atoms. The summed E-state index contributed by atoms with van der Waals surface area (Å²) in [6.45, 7) is 2.53. The summed E-state index contributed by atoms with van der Waals surface area (Å²) in [5, 5.41) is 0. The van der Waals surface area contributed by atoms with Crippen LogP contribution in [-0.4, -0.2) is 47.9 Å². The monoisotopic (exact) mass is 339 g/mol. The Hall–Kier alpha value is -2.89. The van der Waals surface area contributed by atoms with E-state index in [9.17, 15) is 9.59 Å². The molecule has 0 bridgehead atoms. The van der Waals surface area contributed by atoms with Gasteiger partial charge in [-0.3, -0.25) is 14.6 Å². The van der Waals surface area contributed by atoms with E-state index in [1.165, 1.54) is 0 Å². The zero-order valence-corrected chi connectivity index (χ0v) is 14.4. The molecular weight excluding hydrogens is 318 g/mol. The van der Waals surface area contributed by atoms with E-state index in [2.05, 4.69) is 4.98 Å². The first kappa shape index (κ1) is 17.0. The summed E-state index contributed by atoms with van der Waals surface area (Å²) in [5.74, 6) is 0.553. The largest absolute Gasteiger partial charge is 0.497 e. The van der Waals surface area contributed by atoms with Gasteiger partial charge in [-0.2, -0.15) is 0 Å². The van der Waals surface area contributed by atoms with Gasteiger partial charge in [-0.15, -0.1) is 0 Å². The molecule has 6 heteroatoms. The summed E-state index contributed by atoms with van der Waals surface area (Å²) in [7, 11) is 1.60. The molecule has 0 radical (unpaired) electrons. The number of hydrogen-bond acceptors (Lipinski definition) is 4. The Morgan fingerprint density at radius 1 is 1.32 bits per heavy atom. The van der Waals surface area contributed by atoms with Crippen LogP contribution in [0.15, 0.2) is 48.8 Å². The second-order valence-electron chi connectivity index (χ2n) is 6.13. The molecule has 1 aromatic heterocycles. The van der Waals surface area contributed by atoms with Crippen molar-refractivity contribution in [2.24, 2.45) is 0 Å². The molecule has 1 aliphatic heterocycles. The van der Waals surface area contributed by atoms with Gasteiger partial charge in [0.15, 0.2) is 0 Å². The molecule has 1 saturated heterocycles. The van der Waals surface area contributed by atoms with Crippen molar-refractivity contribution in [2.75, 3.05) is 25.1 Å². The lowest BCUT2D eigenvalue weighted by atomic mass is 10.1. The normalized spacial score (nSPS) is 17.5. The molecule has 6 nitrogen and oxygen atoms in total. The van der Waals surface area contributed by atoms with Crippen molar-refractivity contribution in [2.45, 2.75) is 19.4 Å². The minimum atomic E-state index is -0.105. The van der Waals surface area contributed by atoms with Crippen molar-refractivity contribution in [1.82, 2.24) is 9.88 Å². The van der Waals surface area contributed by atoms with Crippen LogP contribution in [0.3, 0.4) is 0 Å². The van der Waals surface area contributed by atoms with Gasteiger partial charge in [-0.05, 0) is 30.7 Å². The molecule has 2 heterocycles. The number of ether oxygens (including phenoxy) is 1. The molecule has 2 amide bonds. The SMILES string of the molecule is COc1cccc(N2C(=O)CN(C(=O)Cc3cccnc3)C[C@@H]2C)c1. The van der Waals surface area contributed by atoms with E-state index in [-0.39, 0.29) is 30.8 Å². The van der Waals surface area contributed by atoms with Gasteiger partial charge in [-0.25, -0.2) is 0 Å². The van der Waals surface area contributed by atoms with Gasteiger partial charge in [-0.1, -0.05) is 12.1 Å². The van der Waals surface area contributed by atoms with E-state index in [1.54, 1.807) is 35.4 Å². The number of rotatable bonds is 4. The lowest BCUT2D eigenvalue weighted by Crippen LogP contribution is -2.57. The maximum Gasteiger partial charge on any atom is 0.246 e. The zero-order chi connectivity index (χ0) is 17.8. The fraction of sp³-hybridized carbons (Fsp3) is 0.316. The van der Waals surface area contributed by atoms with Gasteiger partial charge < -0.3 is 14.5 Å². The minimum Gasteiger partial charge on any atom is -0.497 e. The standard InChI is InChI=1S/C19H21N3O3/c1-14-12-21(18(23)9-15-5-4-8-20-11-15)13-19(24)22(14)16-6-3-7-17(10-16)25-2/h3-8,10-11,14H,9,12-13H2,1-2H3/t14-/m0/s1. The maximum absolute atomic E-state index is 12.7. The zero-order valence-electron chi connectivity index (χ0n) is 14.4. The summed E-state index contributed by atoms with van der Waals surface area (Å²) in [6, 6.07) is 11.0. The van der Waals surface area contributed by atoms with Gasteiger partial charge in [0.1, 0.15) is 12.3 Å². The topological polar surface area (TPSA) is 62.7 Å². The van der Waals surface area contributed by atoms with Crippen molar-refractivity contribution in [3.8, 4) is 5.75 Å². The average molecular weight is 339 g/mol. The molecule has 1 fully saturated rings. The Kier molecular flexibility index (Phi) is 4.97. The van der Waals surface area contributed by atoms with Crippen molar-refractivity contribution in [1.29, 1.82) is 0 Å². The molecule has 25 heavy (non-hydrogen) atoms.